The third-order valence-corrected chi connectivity index (χ3v) is 6.55. The van der Waals surface area contributed by atoms with Crippen molar-refractivity contribution in [1.82, 2.24) is 4.90 Å². The highest BCUT2D eigenvalue weighted by Gasteiger charge is 2.42. The Kier molecular flexibility index (Phi) is 4.88. The summed E-state index contributed by atoms with van der Waals surface area (Å²) in [5.74, 6) is 2.67. The van der Waals surface area contributed by atoms with Crippen LogP contribution < -0.4 is 5.73 Å². The van der Waals surface area contributed by atoms with Crippen molar-refractivity contribution in [3.63, 3.8) is 0 Å². The summed E-state index contributed by atoms with van der Waals surface area (Å²) < 4.78 is 0. The Morgan fingerprint density at radius 3 is 2.57 bits per heavy atom. The van der Waals surface area contributed by atoms with E-state index >= 15 is 0 Å². The van der Waals surface area contributed by atoms with Gasteiger partial charge in [-0.05, 0) is 56.4 Å². The van der Waals surface area contributed by atoms with Crippen LogP contribution in [0.2, 0.25) is 0 Å². The number of nitrogens with zero attached hydrogens (tertiary/aromatic N) is 1. The lowest BCUT2D eigenvalue weighted by Crippen LogP contribution is -2.55. The molecule has 1 aliphatic heterocycles. The number of hydrogen-bond donors (Lipinski definition) is 1. The van der Waals surface area contributed by atoms with Gasteiger partial charge in [0.15, 0.2) is 0 Å². The van der Waals surface area contributed by atoms with Crippen LogP contribution >= 0.6 is 0 Å². The molecule has 3 aliphatic rings. The zero-order chi connectivity index (χ0) is 14.8. The van der Waals surface area contributed by atoms with Gasteiger partial charge in [0.2, 0.25) is 5.91 Å². The van der Waals surface area contributed by atoms with E-state index in [0.29, 0.717) is 24.4 Å². The van der Waals surface area contributed by atoms with Gasteiger partial charge in [-0.1, -0.05) is 32.6 Å². The molecule has 0 aromatic heterocycles. The molecule has 5 atom stereocenters. The average molecular weight is 292 g/mol. The Bertz CT molecular complexity index is 370. The molecule has 1 saturated heterocycles. The smallest absolute Gasteiger partial charge is 0.226 e. The monoisotopic (exact) mass is 292 g/mol. The molecule has 2 aliphatic carbocycles. The van der Waals surface area contributed by atoms with Gasteiger partial charge >= 0.3 is 0 Å². The second-order valence-electron chi connectivity index (χ2n) is 7.70. The van der Waals surface area contributed by atoms with Crippen LogP contribution in [0.1, 0.15) is 64.7 Å². The molecule has 3 heteroatoms. The summed E-state index contributed by atoms with van der Waals surface area (Å²) >= 11 is 0. The van der Waals surface area contributed by atoms with Crippen molar-refractivity contribution in [3.8, 4) is 0 Å². The Hall–Kier alpha value is -0.570. The lowest BCUT2D eigenvalue weighted by atomic mass is 9.71. The number of carbonyl (C=O) groups is 1. The number of piperidine rings is 1. The lowest BCUT2D eigenvalue weighted by molar-refractivity contribution is -0.146. The first-order valence-corrected chi connectivity index (χ1v) is 9.23. The van der Waals surface area contributed by atoms with Crippen molar-refractivity contribution in [1.29, 1.82) is 0 Å². The van der Waals surface area contributed by atoms with Gasteiger partial charge < -0.3 is 10.6 Å². The van der Waals surface area contributed by atoms with Gasteiger partial charge in [-0.2, -0.15) is 0 Å². The van der Waals surface area contributed by atoms with Crippen LogP contribution in [-0.4, -0.2) is 29.9 Å². The fourth-order valence-electron chi connectivity index (χ4n) is 5.21. The topological polar surface area (TPSA) is 46.3 Å². The maximum Gasteiger partial charge on any atom is 0.226 e. The van der Waals surface area contributed by atoms with Crippen LogP contribution in [-0.2, 0) is 4.79 Å². The van der Waals surface area contributed by atoms with E-state index < -0.39 is 0 Å². The van der Waals surface area contributed by atoms with E-state index in [2.05, 4.69) is 11.8 Å². The molecule has 2 saturated carbocycles. The minimum Gasteiger partial charge on any atom is -0.339 e. The van der Waals surface area contributed by atoms with Crippen LogP contribution in [0.4, 0.5) is 0 Å². The van der Waals surface area contributed by atoms with Crippen LogP contribution in [0.5, 0.6) is 0 Å². The van der Waals surface area contributed by atoms with E-state index in [0.717, 1.165) is 31.2 Å². The summed E-state index contributed by atoms with van der Waals surface area (Å²) in [4.78, 5) is 15.4. The highest BCUT2D eigenvalue weighted by Crippen LogP contribution is 2.41. The van der Waals surface area contributed by atoms with E-state index in [1.54, 1.807) is 0 Å². The van der Waals surface area contributed by atoms with Crippen LogP contribution in [0.25, 0.3) is 0 Å². The fraction of sp³-hybridized carbons (Fsp3) is 0.944. The predicted octanol–water partition coefficient (Wildman–Crippen LogP) is 3.18. The standard InChI is InChI=1S/C18H32N2O/c1-13-10-11-20(17-9-5-4-7-15(13)17)18(21)16-8-3-2-6-14(16)12-19/h13-17H,2-12,19H2,1H3. The van der Waals surface area contributed by atoms with Crippen molar-refractivity contribution >= 4 is 5.91 Å². The summed E-state index contributed by atoms with van der Waals surface area (Å²) in [5.41, 5.74) is 5.94. The van der Waals surface area contributed by atoms with Crippen LogP contribution in [0.15, 0.2) is 0 Å². The highest BCUT2D eigenvalue weighted by molar-refractivity contribution is 5.79. The number of hydrogen-bond acceptors (Lipinski definition) is 2. The highest BCUT2D eigenvalue weighted by atomic mass is 16.2. The first kappa shape index (κ1) is 15.3. The molecular formula is C18H32N2O. The summed E-state index contributed by atoms with van der Waals surface area (Å²) in [6, 6.07) is 0.537. The Morgan fingerprint density at radius 1 is 1.05 bits per heavy atom. The lowest BCUT2D eigenvalue weighted by Gasteiger charge is -2.49. The number of nitrogens with two attached hydrogens (primary N) is 1. The number of likely N-dealkylation sites (tertiary alicyclic amines) is 1. The molecule has 3 rings (SSSR count). The third kappa shape index (κ3) is 2.99. The molecule has 0 radical (unpaired) electrons. The Labute approximate surface area is 129 Å². The van der Waals surface area contributed by atoms with E-state index in [-0.39, 0.29) is 5.92 Å². The molecule has 120 valence electrons. The summed E-state index contributed by atoms with van der Waals surface area (Å²) in [5, 5.41) is 0. The molecule has 3 nitrogen and oxygen atoms in total. The minimum atomic E-state index is 0.222. The minimum absolute atomic E-state index is 0.222. The molecule has 1 amide bonds. The second kappa shape index (κ2) is 6.68. The normalized spacial score (nSPS) is 40.7. The largest absolute Gasteiger partial charge is 0.339 e. The summed E-state index contributed by atoms with van der Waals surface area (Å²) in [6.45, 7) is 4.08. The average Bonchev–Trinajstić information content (AvgIpc) is 2.55. The number of fused-ring (bicyclic) bond motifs is 1. The predicted molar refractivity (Wildman–Crippen MR) is 85.7 cm³/mol. The van der Waals surface area contributed by atoms with Gasteiger partial charge in [0.25, 0.3) is 0 Å². The summed E-state index contributed by atoms with van der Waals surface area (Å²) in [7, 11) is 0. The maximum absolute atomic E-state index is 13.2. The first-order chi connectivity index (χ1) is 10.2. The maximum atomic E-state index is 13.2. The third-order valence-electron chi connectivity index (χ3n) is 6.55. The molecule has 1 heterocycles. The van der Waals surface area contributed by atoms with E-state index in [4.69, 9.17) is 5.73 Å². The zero-order valence-electron chi connectivity index (χ0n) is 13.6. The second-order valence-corrected chi connectivity index (χ2v) is 7.70. The molecule has 3 fully saturated rings. The van der Waals surface area contributed by atoms with Gasteiger partial charge in [-0.25, -0.2) is 0 Å². The molecule has 2 N–H and O–H groups in total. The first-order valence-electron chi connectivity index (χ1n) is 9.23. The quantitative estimate of drug-likeness (QED) is 0.849. The molecule has 21 heavy (non-hydrogen) atoms. The zero-order valence-corrected chi connectivity index (χ0v) is 13.6. The molecule has 0 spiro atoms. The number of rotatable bonds is 2. The van der Waals surface area contributed by atoms with Gasteiger partial charge in [0.1, 0.15) is 0 Å². The van der Waals surface area contributed by atoms with E-state index in [1.807, 2.05) is 0 Å². The van der Waals surface area contributed by atoms with Crippen LogP contribution in [0.3, 0.4) is 0 Å². The van der Waals surface area contributed by atoms with Crippen molar-refractivity contribution in [2.24, 2.45) is 29.4 Å². The van der Waals surface area contributed by atoms with Gasteiger partial charge in [-0.15, -0.1) is 0 Å². The molecular weight excluding hydrogens is 260 g/mol. The number of amides is 1. The number of carbonyl (C=O) groups excluding carboxylic acids is 1. The summed E-state index contributed by atoms with van der Waals surface area (Å²) in [6.07, 6.45) is 11.1. The molecule has 0 bridgehead atoms. The molecule has 5 unspecified atom stereocenters. The SMILES string of the molecule is CC1CCN(C(=O)C2CCCCC2CN)C2CCCCC12. The van der Waals surface area contributed by atoms with Gasteiger partial charge in [0.05, 0.1) is 0 Å². The Balaban J connectivity index is 1.73. The Morgan fingerprint density at radius 2 is 1.76 bits per heavy atom. The molecule has 0 aromatic carbocycles. The van der Waals surface area contributed by atoms with Crippen molar-refractivity contribution < 1.29 is 4.79 Å². The molecule has 0 aromatic rings. The van der Waals surface area contributed by atoms with Gasteiger partial charge in [0, 0.05) is 18.5 Å². The van der Waals surface area contributed by atoms with Crippen LogP contribution in [0, 0.1) is 23.7 Å². The van der Waals surface area contributed by atoms with Crippen molar-refractivity contribution in [2.75, 3.05) is 13.1 Å². The van der Waals surface area contributed by atoms with Crippen molar-refractivity contribution in [3.05, 3.63) is 0 Å². The van der Waals surface area contributed by atoms with Gasteiger partial charge in [-0.3, -0.25) is 4.79 Å². The van der Waals surface area contributed by atoms with Crippen molar-refractivity contribution in [2.45, 2.75) is 70.8 Å². The van der Waals surface area contributed by atoms with E-state index in [9.17, 15) is 4.79 Å². The van der Waals surface area contributed by atoms with E-state index in [1.165, 1.54) is 44.9 Å². The fourth-order valence-corrected chi connectivity index (χ4v) is 5.21.